The van der Waals surface area contributed by atoms with Gasteiger partial charge in [0.05, 0.1) is 0 Å². The summed E-state index contributed by atoms with van der Waals surface area (Å²) in [5, 5.41) is 6.11. The maximum Gasteiger partial charge on any atom is 0.251 e. The van der Waals surface area contributed by atoms with Gasteiger partial charge >= 0.3 is 0 Å². The number of halogens is 1. The largest absolute Gasteiger partial charge is 0.485 e. The van der Waals surface area contributed by atoms with E-state index in [4.69, 9.17) is 16.3 Å². The van der Waals surface area contributed by atoms with Gasteiger partial charge < -0.3 is 15.4 Å². The van der Waals surface area contributed by atoms with Crippen LogP contribution in [0.15, 0.2) is 67.1 Å². The van der Waals surface area contributed by atoms with E-state index in [0.717, 1.165) is 5.56 Å². The lowest BCUT2D eigenvalue weighted by Crippen LogP contribution is -2.25. The molecule has 0 bridgehead atoms. The standard InChI is InChI=1S/C22H21ClN4O3/c23-18-7-5-17(6-8-18)22(29)26-12-2-4-20(28)27-21-19(3-1-11-25-21)30-15-16-9-13-24-14-10-16/h1,3,5-11,13-14H,2,4,12,15H2,(H,26,29)(H,25,27,28). The third-order valence-electron chi connectivity index (χ3n) is 4.14. The summed E-state index contributed by atoms with van der Waals surface area (Å²) in [6, 6.07) is 13.8. The first kappa shape index (κ1) is 21.3. The van der Waals surface area contributed by atoms with Gasteiger partial charge in [0, 0.05) is 42.1 Å². The van der Waals surface area contributed by atoms with Crippen LogP contribution < -0.4 is 15.4 Å². The van der Waals surface area contributed by atoms with E-state index in [1.54, 1.807) is 55.0 Å². The number of aromatic nitrogens is 2. The molecule has 2 aromatic heterocycles. The zero-order chi connectivity index (χ0) is 21.2. The second-order valence-corrected chi connectivity index (χ2v) is 6.85. The number of rotatable bonds is 9. The molecular formula is C22H21ClN4O3. The summed E-state index contributed by atoms with van der Waals surface area (Å²) in [5.41, 5.74) is 1.48. The Morgan fingerprint density at radius 3 is 2.53 bits per heavy atom. The van der Waals surface area contributed by atoms with Crippen molar-refractivity contribution in [2.24, 2.45) is 0 Å². The van der Waals surface area contributed by atoms with Crippen molar-refractivity contribution >= 4 is 29.2 Å². The van der Waals surface area contributed by atoms with Gasteiger partial charge in [-0.25, -0.2) is 4.98 Å². The molecule has 2 amide bonds. The van der Waals surface area contributed by atoms with E-state index >= 15 is 0 Å². The van der Waals surface area contributed by atoms with Crippen LogP contribution >= 0.6 is 11.6 Å². The van der Waals surface area contributed by atoms with Crippen molar-refractivity contribution in [3.63, 3.8) is 0 Å². The van der Waals surface area contributed by atoms with Crippen LogP contribution in [-0.4, -0.2) is 28.3 Å². The SMILES string of the molecule is O=C(CCCNC(=O)c1ccc(Cl)cc1)Nc1ncccc1OCc1ccncc1. The molecule has 0 aliphatic carbocycles. The first-order valence-electron chi connectivity index (χ1n) is 9.42. The monoisotopic (exact) mass is 424 g/mol. The van der Waals surface area contributed by atoms with Gasteiger partial charge in [-0.3, -0.25) is 14.6 Å². The van der Waals surface area contributed by atoms with Gasteiger partial charge in [-0.15, -0.1) is 0 Å². The Kier molecular flexibility index (Phi) is 7.74. The molecule has 2 heterocycles. The van der Waals surface area contributed by atoms with Crippen LogP contribution in [0.4, 0.5) is 5.82 Å². The quantitative estimate of drug-likeness (QED) is 0.509. The third-order valence-corrected chi connectivity index (χ3v) is 4.40. The molecular weight excluding hydrogens is 404 g/mol. The molecule has 3 aromatic rings. The predicted octanol–water partition coefficient (Wildman–Crippen LogP) is 3.86. The molecule has 2 N–H and O–H groups in total. The topological polar surface area (TPSA) is 93.2 Å². The zero-order valence-electron chi connectivity index (χ0n) is 16.2. The zero-order valence-corrected chi connectivity index (χ0v) is 16.9. The minimum atomic E-state index is -0.205. The van der Waals surface area contributed by atoms with E-state index in [1.165, 1.54) is 0 Å². The number of nitrogens with zero attached hydrogens (tertiary/aromatic N) is 2. The van der Waals surface area contributed by atoms with Gasteiger partial charge in [-0.05, 0) is 60.5 Å². The number of hydrogen-bond acceptors (Lipinski definition) is 5. The van der Waals surface area contributed by atoms with E-state index < -0.39 is 0 Å². The number of benzene rings is 1. The second kappa shape index (κ2) is 10.9. The van der Waals surface area contributed by atoms with Gasteiger partial charge in [0.1, 0.15) is 6.61 Å². The van der Waals surface area contributed by atoms with Crippen LogP contribution in [0.5, 0.6) is 5.75 Å². The number of nitrogens with one attached hydrogen (secondary N) is 2. The van der Waals surface area contributed by atoms with E-state index in [2.05, 4.69) is 20.6 Å². The highest BCUT2D eigenvalue weighted by Gasteiger charge is 2.10. The Labute approximate surface area is 179 Å². The molecule has 0 aliphatic rings. The van der Waals surface area contributed by atoms with Crippen molar-refractivity contribution in [2.75, 3.05) is 11.9 Å². The van der Waals surface area contributed by atoms with Crippen molar-refractivity contribution in [3.05, 3.63) is 83.3 Å². The molecule has 0 atom stereocenters. The van der Waals surface area contributed by atoms with Gasteiger partial charge in [-0.2, -0.15) is 0 Å². The first-order valence-corrected chi connectivity index (χ1v) is 9.80. The average Bonchev–Trinajstić information content (AvgIpc) is 2.77. The fraction of sp³-hybridized carbons (Fsp3) is 0.182. The van der Waals surface area contributed by atoms with Crippen molar-refractivity contribution in [2.45, 2.75) is 19.4 Å². The number of carbonyl (C=O) groups is 2. The number of carbonyl (C=O) groups excluding carboxylic acids is 2. The molecule has 0 radical (unpaired) electrons. The molecule has 30 heavy (non-hydrogen) atoms. The molecule has 1 aromatic carbocycles. The fourth-order valence-corrected chi connectivity index (χ4v) is 2.72. The summed E-state index contributed by atoms with van der Waals surface area (Å²) < 4.78 is 5.77. The Balaban J connectivity index is 1.43. The van der Waals surface area contributed by atoms with Crippen molar-refractivity contribution in [1.29, 1.82) is 0 Å². The van der Waals surface area contributed by atoms with E-state index in [1.807, 2.05) is 12.1 Å². The highest BCUT2D eigenvalue weighted by molar-refractivity contribution is 6.30. The molecule has 154 valence electrons. The lowest BCUT2D eigenvalue weighted by molar-refractivity contribution is -0.116. The summed E-state index contributed by atoms with van der Waals surface area (Å²) in [6.07, 6.45) is 5.69. The smallest absolute Gasteiger partial charge is 0.251 e. The Hall–Kier alpha value is -3.45. The first-order chi connectivity index (χ1) is 14.6. The number of hydrogen-bond donors (Lipinski definition) is 2. The van der Waals surface area contributed by atoms with Crippen molar-refractivity contribution in [1.82, 2.24) is 15.3 Å². The van der Waals surface area contributed by atoms with Crippen molar-refractivity contribution in [3.8, 4) is 5.75 Å². The van der Waals surface area contributed by atoms with Gasteiger partial charge in [0.2, 0.25) is 5.91 Å². The normalized spacial score (nSPS) is 10.3. The van der Waals surface area contributed by atoms with Crippen LogP contribution in [0.2, 0.25) is 5.02 Å². The minimum Gasteiger partial charge on any atom is -0.485 e. The third kappa shape index (κ3) is 6.56. The number of amides is 2. The molecule has 0 spiro atoms. The summed E-state index contributed by atoms with van der Waals surface area (Å²) >= 11 is 5.81. The predicted molar refractivity (Wildman–Crippen MR) is 114 cm³/mol. The van der Waals surface area contributed by atoms with E-state index in [9.17, 15) is 9.59 Å². The molecule has 0 fully saturated rings. The average molecular weight is 425 g/mol. The highest BCUT2D eigenvalue weighted by Crippen LogP contribution is 2.22. The van der Waals surface area contributed by atoms with Crippen LogP contribution in [0.25, 0.3) is 0 Å². The van der Waals surface area contributed by atoms with Gasteiger partial charge in [0.25, 0.3) is 5.91 Å². The number of anilines is 1. The fourth-order valence-electron chi connectivity index (χ4n) is 2.59. The van der Waals surface area contributed by atoms with Crippen LogP contribution in [0.3, 0.4) is 0 Å². The Morgan fingerprint density at radius 2 is 1.77 bits per heavy atom. The maximum atomic E-state index is 12.2. The molecule has 3 rings (SSSR count). The van der Waals surface area contributed by atoms with Gasteiger partial charge in [-0.1, -0.05) is 11.6 Å². The highest BCUT2D eigenvalue weighted by atomic mass is 35.5. The molecule has 0 saturated carbocycles. The summed E-state index contributed by atoms with van der Waals surface area (Å²) in [4.78, 5) is 32.4. The molecule has 7 nitrogen and oxygen atoms in total. The van der Waals surface area contributed by atoms with Gasteiger partial charge in [0.15, 0.2) is 11.6 Å². The molecule has 0 unspecified atom stereocenters. The second-order valence-electron chi connectivity index (χ2n) is 6.41. The molecule has 0 saturated heterocycles. The van der Waals surface area contributed by atoms with E-state index in [-0.39, 0.29) is 18.2 Å². The number of pyridine rings is 2. The molecule has 8 heteroatoms. The van der Waals surface area contributed by atoms with E-state index in [0.29, 0.717) is 41.7 Å². The summed E-state index contributed by atoms with van der Waals surface area (Å²) in [7, 11) is 0. The Morgan fingerprint density at radius 1 is 1.00 bits per heavy atom. The lowest BCUT2D eigenvalue weighted by Gasteiger charge is -2.11. The van der Waals surface area contributed by atoms with Crippen LogP contribution in [-0.2, 0) is 11.4 Å². The Bertz CT molecular complexity index is 981. The van der Waals surface area contributed by atoms with Crippen LogP contribution in [0, 0.1) is 0 Å². The summed E-state index contributed by atoms with van der Waals surface area (Å²) in [5.74, 6) is 0.437. The minimum absolute atomic E-state index is 0.205. The van der Waals surface area contributed by atoms with Crippen LogP contribution in [0.1, 0.15) is 28.8 Å². The lowest BCUT2D eigenvalue weighted by atomic mass is 10.2. The molecule has 0 aliphatic heterocycles. The van der Waals surface area contributed by atoms with Crippen molar-refractivity contribution < 1.29 is 14.3 Å². The summed E-state index contributed by atoms with van der Waals surface area (Å²) in [6.45, 7) is 0.719. The maximum absolute atomic E-state index is 12.2. The number of ether oxygens (including phenoxy) is 1.